The fraction of sp³-hybridized carbons (Fsp3) is 0.435. The van der Waals surface area contributed by atoms with E-state index in [1.807, 2.05) is 24.3 Å². The van der Waals surface area contributed by atoms with Crippen LogP contribution in [0.3, 0.4) is 0 Å². The Labute approximate surface area is 204 Å². The molecule has 2 aromatic rings. The molecule has 1 N–H and O–H groups in total. The molecule has 0 saturated carbocycles. The second-order valence-electron chi connectivity index (χ2n) is 8.34. The number of rotatable bonds is 6. The van der Waals surface area contributed by atoms with E-state index in [0.717, 1.165) is 18.8 Å². The molecule has 0 aromatic heterocycles. The zero-order chi connectivity index (χ0) is 23.4. The van der Waals surface area contributed by atoms with Gasteiger partial charge in [-0.2, -0.15) is 0 Å². The highest BCUT2D eigenvalue weighted by Crippen LogP contribution is 2.27. The molecule has 0 spiro atoms. The first-order valence-electron chi connectivity index (χ1n) is 11.0. The van der Waals surface area contributed by atoms with Crippen molar-refractivity contribution >= 4 is 50.5 Å². The van der Waals surface area contributed by atoms with Gasteiger partial charge in [-0.25, -0.2) is 12.7 Å². The Morgan fingerprint density at radius 1 is 1.03 bits per heavy atom. The lowest BCUT2D eigenvalue weighted by atomic mass is 9.98. The molecule has 2 aliphatic rings. The van der Waals surface area contributed by atoms with Gasteiger partial charge in [-0.3, -0.25) is 4.79 Å². The van der Waals surface area contributed by atoms with Crippen LogP contribution in [0, 0.1) is 5.92 Å². The number of ether oxygens (including phenoxy) is 1. The summed E-state index contributed by atoms with van der Waals surface area (Å²) in [4.78, 5) is 15.1. The number of anilines is 2. The Morgan fingerprint density at radius 3 is 2.45 bits per heavy atom. The van der Waals surface area contributed by atoms with Crippen LogP contribution in [0.1, 0.15) is 18.4 Å². The Bertz CT molecular complexity index is 1090. The number of amides is 1. The zero-order valence-corrected chi connectivity index (χ0v) is 20.5. The van der Waals surface area contributed by atoms with Gasteiger partial charge in [-0.05, 0) is 54.8 Å². The number of halogens is 2. The number of piperidine rings is 1. The van der Waals surface area contributed by atoms with Gasteiger partial charge in [0.15, 0.2) is 0 Å². The molecule has 2 aliphatic heterocycles. The quantitative estimate of drug-likeness (QED) is 0.633. The van der Waals surface area contributed by atoms with Gasteiger partial charge in [0.05, 0.1) is 34.9 Å². The SMILES string of the molecule is O=C(Nc1ccc(N2CCOCC2)cc1)[C@H]1CCCN(S(=O)(=O)Cc2ccc(Cl)c(Cl)c2)C1. The van der Waals surface area contributed by atoms with Gasteiger partial charge in [-0.1, -0.05) is 29.3 Å². The summed E-state index contributed by atoms with van der Waals surface area (Å²) in [6.07, 6.45) is 1.28. The van der Waals surface area contributed by atoms with Crippen LogP contribution >= 0.6 is 23.2 Å². The van der Waals surface area contributed by atoms with Crippen molar-refractivity contribution in [3.05, 3.63) is 58.1 Å². The highest BCUT2D eigenvalue weighted by molar-refractivity contribution is 7.88. The summed E-state index contributed by atoms with van der Waals surface area (Å²) in [5, 5.41) is 3.64. The van der Waals surface area contributed by atoms with Crippen molar-refractivity contribution in [2.75, 3.05) is 49.6 Å². The minimum atomic E-state index is -3.59. The second kappa shape index (κ2) is 10.6. The average Bonchev–Trinajstić information content (AvgIpc) is 2.82. The predicted molar refractivity (Wildman–Crippen MR) is 131 cm³/mol. The van der Waals surface area contributed by atoms with Crippen LogP contribution in [0.5, 0.6) is 0 Å². The number of sulfonamides is 1. The molecule has 2 heterocycles. The average molecular weight is 512 g/mol. The summed E-state index contributed by atoms with van der Waals surface area (Å²) in [6, 6.07) is 12.5. The molecule has 2 aromatic carbocycles. The fourth-order valence-corrected chi connectivity index (χ4v) is 6.08. The van der Waals surface area contributed by atoms with Gasteiger partial charge in [0, 0.05) is 37.6 Å². The molecule has 0 unspecified atom stereocenters. The third-order valence-electron chi connectivity index (χ3n) is 5.99. The largest absolute Gasteiger partial charge is 0.378 e. The van der Waals surface area contributed by atoms with Crippen molar-refractivity contribution in [3.63, 3.8) is 0 Å². The Balaban J connectivity index is 1.36. The lowest BCUT2D eigenvalue weighted by Crippen LogP contribution is -2.44. The van der Waals surface area contributed by atoms with Gasteiger partial charge in [0.2, 0.25) is 15.9 Å². The van der Waals surface area contributed by atoms with Crippen molar-refractivity contribution in [2.45, 2.75) is 18.6 Å². The highest BCUT2D eigenvalue weighted by atomic mass is 35.5. The predicted octanol–water partition coefficient (Wildman–Crippen LogP) is 4.01. The first-order chi connectivity index (χ1) is 15.8. The number of hydrogen-bond acceptors (Lipinski definition) is 5. The molecular formula is C23H27Cl2N3O4S. The molecule has 1 atom stereocenters. The molecule has 1 amide bonds. The summed E-state index contributed by atoms with van der Waals surface area (Å²) in [5.41, 5.74) is 2.36. The van der Waals surface area contributed by atoms with Crippen molar-refractivity contribution in [1.82, 2.24) is 4.31 Å². The van der Waals surface area contributed by atoms with Crippen molar-refractivity contribution in [1.29, 1.82) is 0 Å². The minimum absolute atomic E-state index is 0.163. The van der Waals surface area contributed by atoms with Crippen LogP contribution in [0.15, 0.2) is 42.5 Å². The first kappa shape index (κ1) is 24.3. The maximum atomic E-state index is 13.0. The summed E-state index contributed by atoms with van der Waals surface area (Å²) in [5.74, 6) is -0.744. The molecule has 0 aliphatic carbocycles. The molecule has 0 radical (unpaired) electrons. The molecule has 4 rings (SSSR count). The van der Waals surface area contributed by atoms with Crippen molar-refractivity contribution in [3.8, 4) is 0 Å². The number of nitrogens with one attached hydrogen (secondary N) is 1. The molecule has 2 saturated heterocycles. The number of carbonyl (C=O) groups is 1. The van der Waals surface area contributed by atoms with E-state index in [1.165, 1.54) is 4.31 Å². The van der Waals surface area contributed by atoms with Gasteiger partial charge in [0.1, 0.15) is 0 Å². The summed E-state index contributed by atoms with van der Waals surface area (Å²) < 4.78 is 32.7. The van der Waals surface area contributed by atoms with Crippen LogP contribution in [-0.2, 0) is 25.3 Å². The molecule has 2 fully saturated rings. The summed E-state index contributed by atoms with van der Waals surface area (Å²) in [7, 11) is -3.59. The van der Waals surface area contributed by atoms with Gasteiger partial charge in [0.25, 0.3) is 0 Å². The molecular weight excluding hydrogens is 485 g/mol. The number of morpholine rings is 1. The van der Waals surface area contributed by atoms with Gasteiger partial charge < -0.3 is 15.0 Å². The van der Waals surface area contributed by atoms with E-state index in [2.05, 4.69) is 10.2 Å². The van der Waals surface area contributed by atoms with E-state index < -0.39 is 15.9 Å². The number of benzene rings is 2. The second-order valence-corrected chi connectivity index (χ2v) is 11.1. The third-order valence-corrected chi connectivity index (χ3v) is 8.55. The zero-order valence-electron chi connectivity index (χ0n) is 18.2. The Hall–Kier alpha value is -1.84. The topological polar surface area (TPSA) is 79.0 Å². The fourth-order valence-electron chi connectivity index (χ4n) is 4.16. The lowest BCUT2D eigenvalue weighted by Gasteiger charge is -2.31. The van der Waals surface area contributed by atoms with Gasteiger partial charge >= 0.3 is 0 Å². The van der Waals surface area contributed by atoms with E-state index in [-0.39, 0.29) is 18.2 Å². The summed E-state index contributed by atoms with van der Waals surface area (Å²) >= 11 is 11.9. The van der Waals surface area contributed by atoms with Crippen molar-refractivity contribution in [2.24, 2.45) is 5.92 Å². The van der Waals surface area contributed by atoms with Gasteiger partial charge in [-0.15, -0.1) is 0 Å². The van der Waals surface area contributed by atoms with Crippen LogP contribution < -0.4 is 10.2 Å². The molecule has 178 valence electrons. The lowest BCUT2D eigenvalue weighted by molar-refractivity contribution is -0.120. The molecule has 10 heteroatoms. The van der Waals surface area contributed by atoms with E-state index in [9.17, 15) is 13.2 Å². The van der Waals surface area contributed by atoms with Crippen LogP contribution in [0.4, 0.5) is 11.4 Å². The number of hydrogen-bond donors (Lipinski definition) is 1. The van der Waals surface area contributed by atoms with Crippen LogP contribution in [-0.4, -0.2) is 58.0 Å². The normalized spacial score (nSPS) is 19.9. The van der Waals surface area contributed by atoms with E-state index in [4.69, 9.17) is 27.9 Å². The standard InChI is InChI=1S/C23H27Cl2N3O4S/c24-21-8-3-17(14-22(21)25)16-33(30,31)28-9-1-2-18(15-28)23(29)26-19-4-6-20(7-5-19)27-10-12-32-13-11-27/h3-8,14,18H,1-2,9-13,15-16H2,(H,26,29)/t18-/m0/s1. The van der Waals surface area contributed by atoms with E-state index in [1.54, 1.807) is 18.2 Å². The monoisotopic (exact) mass is 511 g/mol. The smallest absolute Gasteiger partial charge is 0.228 e. The first-order valence-corrected chi connectivity index (χ1v) is 13.3. The molecule has 7 nitrogen and oxygen atoms in total. The highest BCUT2D eigenvalue weighted by Gasteiger charge is 2.32. The molecule has 33 heavy (non-hydrogen) atoms. The van der Waals surface area contributed by atoms with Crippen LogP contribution in [0.2, 0.25) is 10.0 Å². The van der Waals surface area contributed by atoms with Crippen molar-refractivity contribution < 1.29 is 17.9 Å². The Morgan fingerprint density at radius 2 is 1.76 bits per heavy atom. The third kappa shape index (κ3) is 6.19. The van der Waals surface area contributed by atoms with Crippen LogP contribution in [0.25, 0.3) is 0 Å². The van der Waals surface area contributed by atoms with E-state index in [0.29, 0.717) is 53.9 Å². The maximum Gasteiger partial charge on any atom is 0.228 e. The maximum absolute atomic E-state index is 13.0. The van der Waals surface area contributed by atoms with E-state index >= 15 is 0 Å². The molecule has 0 bridgehead atoms. The number of carbonyl (C=O) groups excluding carboxylic acids is 1. The summed E-state index contributed by atoms with van der Waals surface area (Å²) in [6.45, 7) is 3.69. The number of nitrogens with zero attached hydrogens (tertiary/aromatic N) is 2. The Kier molecular flexibility index (Phi) is 7.81. The minimum Gasteiger partial charge on any atom is -0.378 e.